The van der Waals surface area contributed by atoms with E-state index in [0.717, 1.165) is 42.9 Å². The highest BCUT2D eigenvalue weighted by Crippen LogP contribution is 2.47. The lowest BCUT2D eigenvalue weighted by atomic mass is 9.71. The third-order valence-corrected chi connectivity index (χ3v) is 8.51. The van der Waals surface area contributed by atoms with Crippen LogP contribution in [0.5, 0.6) is 0 Å². The van der Waals surface area contributed by atoms with Crippen LogP contribution in [0.3, 0.4) is 0 Å². The molecule has 11 heteroatoms. The van der Waals surface area contributed by atoms with Crippen molar-refractivity contribution in [2.45, 2.75) is 40.6 Å². The number of nitrogens with two attached hydrogens (primary N) is 4. The lowest BCUT2D eigenvalue weighted by Crippen LogP contribution is -2.50. The molecule has 1 fully saturated rings. The largest absolute Gasteiger partial charge is 0.382 e. The summed E-state index contributed by atoms with van der Waals surface area (Å²) in [7, 11) is 0. The molecule has 5 rings (SSSR count). The van der Waals surface area contributed by atoms with Crippen LogP contribution >= 0.6 is 23.4 Å². The Morgan fingerprint density at radius 2 is 1.91 bits per heavy atom. The number of carbonyl (C=O) groups excluding carboxylic acids is 1. The highest BCUT2D eigenvalue weighted by molar-refractivity contribution is 7.99. The maximum absolute atomic E-state index is 11.9. The molecule has 176 valence electrons. The number of benzene rings is 1. The molecule has 3 heterocycles. The van der Waals surface area contributed by atoms with Crippen molar-refractivity contribution in [2.24, 2.45) is 11.5 Å². The summed E-state index contributed by atoms with van der Waals surface area (Å²) in [5.41, 5.74) is 26.8. The number of halogens is 1. The van der Waals surface area contributed by atoms with Crippen LogP contribution < -0.4 is 27.8 Å². The minimum atomic E-state index is -0.405. The zero-order valence-electron chi connectivity index (χ0n) is 18.4. The van der Waals surface area contributed by atoms with Crippen LogP contribution in [0.25, 0.3) is 0 Å². The number of hydrogen-bond donors (Lipinski definition) is 4. The number of amides is 1. The lowest BCUT2D eigenvalue weighted by Gasteiger charge is -2.43. The van der Waals surface area contributed by atoms with Crippen LogP contribution in [0.2, 0.25) is 5.02 Å². The zero-order valence-corrected chi connectivity index (χ0v) is 19.9. The first kappa shape index (κ1) is 22.7. The Balaban J connectivity index is 1.34. The third-order valence-electron chi connectivity index (χ3n) is 6.93. The molecular formula is C23H25ClN8OS. The van der Waals surface area contributed by atoms with Crippen LogP contribution in [0.15, 0.2) is 46.6 Å². The molecule has 9 nitrogen and oxygen atoms in total. The summed E-state index contributed by atoms with van der Waals surface area (Å²) >= 11 is 7.54. The molecule has 1 aromatic carbocycles. The van der Waals surface area contributed by atoms with Crippen LogP contribution in [-0.2, 0) is 11.8 Å². The summed E-state index contributed by atoms with van der Waals surface area (Å²) in [6.45, 7) is 1.50. The number of hydrogen-bond acceptors (Lipinski definition) is 9. The number of pyridine rings is 1. The van der Waals surface area contributed by atoms with Gasteiger partial charge in [-0.1, -0.05) is 35.5 Å². The first-order valence-corrected chi connectivity index (χ1v) is 12.1. The molecule has 34 heavy (non-hydrogen) atoms. The van der Waals surface area contributed by atoms with Crippen LogP contribution in [0.4, 0.5) is 17.5 Å². The van der Waals surface area contributed by atoms with Gasteiger partial charge in [0.05, 0.1) is 11.2 Å². The van der Waals surface area contributed by atoms with E-state index in [4.69, 9.17) is 34.5 Å². The van der Waals surface area contributed by atoms with Crippen LogP contribution in [0, 0.1) is 0 Å². The molecule has 2 aromatic heterocycles. The molecule has 8 N–H and O–H groups in total. The molecule has 1 saturated heterocycles. The van der Waals surface area contributed by atoms with E-state index in [-0.39, 0.29) is 17.3 Å². The molecule has 0 bridgehead atoms. The Bertz CT molecular complexity index is 1280. The average Bonchev–Trinajstić information content (AvgIpc) is 3.09. The van der Waals surface area contributed by atoms with E-state index < -0.39 is 5.91 Å². The van der Waals surface area contributed by atoms with Gasteiger partial charge in [-0.25, -0.2) is 15.0 Å². The smallest absolute Gasteiger partial charge is 0.248 e. The van der Waals surface area contributed by atoms with Crippen molar-refractivity contribution in [1.29, 1.82) is 0 Å². The number of nitrogens with zero attached hydrogens (tertiary/aromatic N) is 4. The number of carbonyl (C=O) groups is 1. The number of fused-ring (bicyclic) bond motifs is 2. The van der Waals surface area contributed by atoms with Gasteiger partial charge in [-0.3, -0.25) is 4.79 Å². The fraction of sp³-hybridized carbons (Fsp3) is 0.304. The molecular weight excluding hydrogens is 472 g/mol. The molecule has 1 aliphatic heterocycles. The van der Waals surface area contributed by atoms with Gasteiger partial charge in [0.1, 0.15) is 16.7 Å². The summed E-state index contributed by atoms with van der Waals surface area (Å²) in [6, 6.07) is 7.47. The molecule has 3 aromatic rings. The number of nitrogen functional groups attached to an aromatic ring is 2. The predicted octanol–water partition coefficient (Wildman–Crippen LogP) is 2.36. The SMILES string of the molecule is NC(=O)c1cccc2c1C[C@@H](N)C21CCN(c2cnc(Sc3ccnc(N)c3Cl)c(N)n2)CC1. The monoisotopic (exact) mass is 496 g/mol. The lowest BCUT2D eigenvalue weighted by molar-refractivity contribution is 0.0999. The van der Waals surface area contributed by atoms with E-state index in [2.05, 4.69) is 25.9 Å². The number of aromatic nitrogens is 3. The van der Waals surface area contributed by atoms with Gasteiger partial charge in [0.15, 0.2) is 5.82 Å². The van der Waals surface area contributed by atoms with Crippen LogP contribution in [0.1, 0.15) is 34.3 Å². The van der Waals surface area contributed by atoms with Gasteiger partial charge in [0.25, 0.3) is 0 Å². The van der Waals surface area contributed by atoms with Crippen molar-refractivity contribution in [3.8, 4) is 0 Å². The Labute approximate surface area is 206 Å². The van der Waals surface area contributed by atoms with Crippen molar-refractivity contribution in [1.82, 2.24) is 15.0 Å². The summed E-state index contributed by atoms with van der Waals surface area (Å²) in [5.74, 6) is 0.891. The van der Waals surface area contributed by atoms with Crippen molar-refractivity contribution in [2.75, 3.05) is 29.5 Å². The molecule has 0 radical (unpaired) electrons. The fourth-order valence-electron chi connectivity index (χ4n) is 5.13. The second-order valence-electron chi connectivity index (χ2n) is 8.68. The molecule has 2 aliphatic rings. The molecule has 1 spiro atoms. The Kier molecular flexibility index (Phi) is 5.75. The van der Waals surface area contributed by atoms with Crippen LogP contribution in [-0.4, -0.2) is 40.0 Å². The van der Waals surface area contributed by atoms with Crippen molar-refractivity contribution in [3.05, 3.63) is 58.4 Å². The Hall–Kier alpha value is -3.08. The van der Waals surface area contributed by atoms with E-state index in [0.29, 0.717) is 32.7 Å². The summed E-state index contributed by atoms with van der Waals surface area (Å²) in [6.07, 6.45) is 5.65. The minimum Gasteiger partial charge on any atom is -0.382 e. The van der Waals surface area contributed by atoms with Gasteiger partial charge in [0.2, 0.25) is 5.91 Å². The van der Waals surface area contributed by atoms with E-state index in [1.165, 1.54) is 11.8 Å². The highest BCUT2D eigenvalue weighted by Gasteiger charge is 2.47. The van der Waals surface area contributed by atoms with E-state index in [1.54, 1.807) is 24.5 Å². The quantitative estimate of drug-likeness (QED) is 0.424. The molecule has 1 aliphatic carbocycles. The molecule has 1 amide bonds. The number of anilines is 3. The molecule has 0 saturated carbocycles. The van der Waals surface area contributed by atoms with Gasteiger partial charge in [-0.2, -0.15) is 0 Å². The second kappa shape index (κ2) is 8.61. The first-order chi connectivity index (χ1) is 16.3. The van der Waals surface area contributed by atoms with E-state index >= 15 is 0 Å². The highest BCUT2D eigenvalue weighted by atomic mass is 35.5. The maximum Gasteiger partial charge on any atom is 0.248 e. The second-order valence-corrected chi connectivity index (χ2v) is 10.1. The number of piperidine rings is 1. The summed E-state index contributed by atoms with van der Waals surface area (Å²) < 4.78 is 0. The fourth-order valence-corrected chi connectivity index (χ4v) is 6.15. The topological polar surface area (TPSA) is 163 Å². The maximum atomic E-state index is 11.9. The summed E-state index contributed by atoms with van der Waals surface area (Å²) in [4.78, 5) is 27.9. The Morgan fingerprint density at radius 3 is 2.62 bits per heavy atom. The zero-order chi connectivity index (χ0) is 24.0. The molecule has 1 atom stereocenters. The third kappa shape index (κ3) is 3.71. The van der Waals surface area contributed by atoms with Gasteiger partial charge >= 0.3 is 0 Å². The van der Waals surface area contributed by atoms with Crippen molar-refractivity contribution < 1.29 is 4.79 Å². The normalized spacial score (nSPS) is 18.8. The van der Waals surface area contributed by atoms with Gasteiger partial charge in [-0.15, -0.1) is 0 Å². The molecule has 0 unspecified atom stereocenters. The average molecular weight is 497 g/mol. The minimum absolute atomic E-state index is 0.0578. The van der Waals surface area contributed by atoms with Crippen molar-refractivity contribution >= 4 is 46.7 Å². The number of primary amides is 1. The summed E-state index contributed by atoms with van der Waals surface area (Å²) in [5, 5.41) is 0.919. The van der Waals surface area contributed by atoms with Gasteiger partial charge < -0.3 is 27.8 Å². The van der Waals surface area contributed by atoms with Gasteiger partial charge in [-0.05, 0) is 42.5 Å². The van der Waals surface area contributed by atoms with E-state index in [1.807, 2.05) is 6.07 Å². The van der Waals surface area contributed by atoms with Gasteiger partial charge in [0, 0.05) is 41.2 Å². The van der Waals surface area contributed by atoms with Crippen molar-refractivity contribution in [3.63, 3.8) is 0 Å². The first-order valence-electron chi connectivity index (χ1n) is 10.9. The van der Waals surface area contributed by atoms with E-state index in [9.17, 15) is 4.79 Å². The standard InChI is InChI=1S/C23H25ClN8OS/c24-18-15(4-7-29-19(18)26)34-22-20(27)31-17(11-30-22)32-8-5-23(6-9-32)14-3-1-2-12(21(28)33)13(14)10-16(23)25/h1-4,7,11,16H,5-6,8-10,25H2,(H2,26,29)(H2,27,31)(H2,28,33)/t16-/m1/s1. The number of rotatable bonds is 4. The Morgan fingerprint density at radius 1 is 1.15 bits per heavy atom. The predicted molar refractivity (Wildman–Crippen MR) is 134 cm³/mol.